The zero-order valence-corrected chi connectivity index (χ0v) is 16.1. The van der Waals surface area contributed by atoms with E-state index in [1.165, 1.54) is 18.2 Å². The van der Waals surface area contributed by atoms with E-state index in [0.717, 1.165) is 12.1 Å². The number of amides is 1. The van der Waals surface area contributed by atoms with Crippen molar-refractivity contribution in [3.05, 3.63) is 80.1 Å². The topological polar surface area (TPSA) is 110 Å². The molecule has 6 nitrogen and oxygen atoms in total. The van der Waals surface area contributed by atoms with Crippen molar-refractivity contribution in [3.63, 3.8) is 0 Å². The van der Waals surface area contributed by atoms with Crippen LogP contribution in [0.3, 0.4) is 0 Å². The number of pyridine rings is 1. The summed E-state index contributed by atoms with van der Waals surface area (Å²) in [5.74, 6) is -1.90. The summed E-state index contributed by atoms with van der Waals surface area (Å²) in [6.45, 7) is 3.12. The summed E-state index contributed by atoms with van der Waals surface area (Å²) < 4.78 is 28.2. The number of rotatable bonds is 4. The number of halogens is 2. The van der Waals surface area contributed by atoms with Gasteiger partial charge in [0.1, 0.15) is 17.7 Å². The van der Waals surface area contributed by atoms with Crippen molar-refractivity contribution in [1.29, 1.82) is 10.5 Å². The third-order valence-electron chi connectivity index (χ3n) is 4.93. The molecule has 0 saturated heterocycles. The molecule has 3 rings (SSSR count). The Labute approximate surface area is 173 Å². The van der Waals surface area contributed by atoms with Gasteiger partial charge in [0.2, 0.25) is 5.91 Å². The number of aromatic amines is 1. The third kappa shape index (κ3) is 3.76. The summed E-state index contributed by atoms with van der Waals surface area (Å²) in [5, 5.41) is 20.9. The minimum atomic E-state index is -0.722. The normalized spacial score (nSPS) is 11.5. The zero-order valence-electron chi connectivity index (χ0n) is 16.1. The minimum Gasteiger partial charge on any atom is -0.349 e. The molecule has 0 aliphatic rings. The Morgan fingerprint density at radius 2 is 1.93 bits per heavy atom. The molecular formula is C22H20F2N4O2. The molecule has 0 saturated carbocycles. The van der Waals surface area contributed by atoms with E-state index in [0.29, 0.717) is 11.1 Å². The van der Waals surface area contributed by atoms with Crippen LogP contribution in [0.15, 0.2) is 35.1 Å². The van der Waals surface area contributed by atoms with Crippen LogP contribution in [0.5, 0.6) is 0 Å². The Morgan fingerprint density at radius 1 is 1.20 bits per heavy atom. The van der Waals surface area contributed by atoms with Crippen LogP contribution in [0.4, 0.5) is 8.78 Å². The van der Waals surface area contributed by atoms with Crippen LogP contribution in [0.1, 0.15) is 43.6 Å². The second kappa shape index (κ2) is 8.14. The van der Waals surface area contributed by atoms with Gasteiger partial charge in [-0.05, 0) is 43.7 Å². The number of benzene rings is 2. The molecule has 0 fully saturated rings. The molecule has 0 unspecified atom stereocenters. The number of hydrogen-bond donors (Lipinski definition) is 2. The highest BCUT2D eigenvalue weighted by Gasteiger charge is 2.19. The lowest BCUT2D eigenvalue weighted by Gasteiger charge is -2.16. The van der Waals surface area contributed by atoms with Gasteiger partial charge < -0.3 is 10.3 Å². The first-order chi connectivity index (χ1) is 14.3. The van der Waals surface area contributed by atoms with Crippen molar-refractivity contribution in [3.8, 4) is 12.1 Å². The summed E-state index contributed by atoms with van der Waals surface area (Å²) in [5.41, 5.74) is 0.340. The first kappa shape index (κ1) is 20.7. The van der Waals surface area contributed by atoms with E-state index in [-0.39, 0.29) is 36.9 Å². The minimum absolute atomic E-state index is 0. The summed E-state index contributed by atoms with van der Waals surface area (Å²) in [4.78, 5) is 27.5. The number of nitrogens with zero attached hydrogens (tertiary/aromatic N) is 2. The molecule has 2 N–H and O–H groups in total. The Morgan fingerprint density at radius 3 is 2.57 bits per heavy atom. The molecule has 1 amide bonds. The summed E-state index contributed by atoms with van der Waals surface area (Å²) in [6.07, 6.45) is -0.333. The Bertz CT molecular complexity index is 1330. The Kier molecular flexibility index (Phi) is 5.61. The maximum absolute atomic E-state index is 14.2. The van der Waals surface area contributed by atoms with Crippen LogP contribution in [-0.2, 0) is 11.2 Å². The molecule has 8 heteroatoms. The highest BCUT2D eigenvalue weighted by atomic mass is 19.1. The number of fused-ring (bicyclic) bond motifs is 1. The number of nitriles is 2. The molecule has 0 bridgehead atoms. The number of hydrogen-bond acceptors (Lipinski definition) is 4. The van der Waals surface area contributed by atoms with Gasteiger partial charge in [-0.25, -0.2) is 8.78 Å². The molecular weight excluding hydrogens is 390 g/mol. The first-order valence-corrected chi connectivity index (χ1v) is 8.99. The van der Waals surface area contributed by atoms with Crippen LogP contribution < -0.4 is 10.9 Å². The van der Waals surface area contributed by atoms with Crippen LogP contribution in [0, 0.1) is 41.2 Å². The molecule has 30 heavy (non-hydrogen) atoms. The quantitative estimate of drug-likeness (QED) is 0.682. The van der Waals surface area contributed by atoms with Gasteiger partial charge in [0, 0.05) is 19.4 Å². The van der Waals surface area contributed by atoms with Crippen molar-refractivity contribution in [1.82, 2.24) is 10.3 Å². The van der Waals surface area contributed by atoms with Gasteiger partial charge in [-0.1, -0.05) is 6.07 Å². The fraction of sp³-hybridized carbons (Fsp3) is 0.182. The van der Waals surface area contributed by atoms with Crippen molar-refractivity contribution < 1.29 is 16.4 Å². The van der Waals surface area contributed by atoms with Gasteiger partial charge in [0.15, 0.2) is 0 Å². The van der Waals surface area contributed by atoms with Crippen LogP contribution >= 0.6 is 0 Å². The van der Waals surface area contributed by atoms with E-state index in [4.69, 9.17) is 5.26 Å². The van der Waals surface area contributed by atoms with E-state index < -0.39 is 29.1 Å². The van der Waals surface area contributed by atoms with Crippen LogP contribution in [0.25, 0.3) is 10.9 Å². The molecule has 0 aliphatic heterocycles. The van der Waals surface area contributed by atoms with Crippen molar-refractivity contribution in [2.75, 3.05) is 0 Å². The number of aromatic nitrogens is 1. The maximum atomic E-state index is 14.2. The maximum Gasteiger partial charge on any atom is 0.252 e. The van der Waals surface area contributed by atoms with Crippen molar-refractivity contribution in [2.24, 2.45) is 0 Å². The molecule has 2 aromatic carbocycles. The lowest BCUT2D eigenvalue weighted by atomic mass is 9.98. The van der Waals surface area contributed by atoms with Gasteiger partial charge in [0.25, 0.3) is 5.56 Å². The van der Waals surface area contributed by atoms with Gasteiger partial charge in [-0.2, -0.15) is 10.5 Å². The fourth-order valence-corrected chi connectivity index (χ4v) is 3.39. The van der Waals surface area contributed by atoms with Crippen molar-refractivity contribution in [2.45, 2.75) is 26.3 Å². The average molecular weight is 410 g/mol. The standard InChI is InChI=1S/C22H16F2N4O2.2H2/c1-11-15(22(30)28-19-6-5-17(23)16(10-26)21(11)19)8-20(29)27-12(2)14-4-3-13(9-25)7-18(14)24;;/h3-7,12H,8H2,1-2H3,(H,27,29)(H,28,30);2*1H/t12-;;/m1../s1. The summed E-state index contributed by atoms with van der Waals surface area (Å²) in [7, 11) is 0. The van der Waals surface area contributed by atoms with Gasteiger partial charge in [0.05, 0.1) is 35.2 Å². The fourth-order valence-electron chi connectivity index (χ4n) is 3.39. The molecule has 0 radical (unpaired) electrons. The van der Waals surface area contributed by atoms with Crippen molar-refractivity contribution >= 4 is 16.8 Å². The molecule has 0 aliphatic carbocycles. The molecule has 1 atom stereocenters. The number of H-pyrrole nitrogens is 1. The predicted molar refractivity (Wildman–Crippen MR) is 110 cm³/mol. The number of carbonyl (C=O) groups excluding carboxylic acids is 1. The molecule has 1 aromatic heterocycles. The highest BCUT2D eigenvalue weighted by molar-refractivity contribution is 5.90. The first-order valence-electron chi connectivity index (χ1n) is 8.99. The summed E-state index contributed by atoms with van der Waals surface area (Å²) in [6, 6.07) is 9.29. The number of aryl methyl sites for hydroxylation is 1. The largest absolute Gasteiger partial charge is 0.349 e. The third-order valence-corrected chi connectivity index (χ3v) is 4.93. The Balaban J connectivity index is 0.00000256. The van der Waals surface area contributed by atoms with Crippen LogP contribution in [-0.4, -0.2) is 10.9 Å². The lowest BCUT2D eigenvalue weighted by molar-refractivity contribution is -0.121. The second-order valence-corrected chi connectivity index (χ2v) is 6.83. The highest BCUT2D eigenvalue weighted by Crippen LogP contribution is 2.24. The second-order valence-electron chi connectivity index (χ2n) is 6.83. The number of carbonyl (C=O) groups is 1. The van der Waals surface area contributed by atoms with E-state index in [2.05, 4.69) is 10.3 Å². The molecule has 154 valence electrons. The number of nitrogens with one attached hydrogen (secondary N) is 2. The van der Waals surface area contributed by atoms with Crippen LogP contribution in [0.2, 0.25) is 0 Å². The molecule has 0 spiro atoms. The SMILES string of the molecule is Cc1c(CC(=O)N[C@H](C)c2ccc(C#N)cc2F)c(=O)[nH]c2ccc(F)c(C#N)c12.[HH].[HH]. The van der Waals surface area contributed by atoms with Gasteiger partial charge >= 0.3 is 0 Å². The van der Waals surface area contributed by atoms with E-state index in [1.54, 1.807) is 19.9 Å². The van der Waals surface area contributed by atoms with E-state index in [9.17, 15) is 23.6 Å². The predicted octanol–water partition coefficient (Wildman–Crippen LogP) is 3.77. The van der Waals surface area contributed by atoms with E-state index in [1.807, 2.05) is 6.07 Å². The Hall–Kier alpha value is -4.04. The average Bonchev–Trinajstić information content (AvgIpc) is 2.71. The molecule has 3 aromatic rings. The van der Waals surface area contributed by atoms with Gasteiger partial charge in [-0.3, -0.25) is 9.59 Å². The summed E-state index contributed by atoms with van der Waals surface area (Å²) >= 11 is 0. The monoisotopic (exact) mass is 410 g/mol. The lowest BCUT2D eigenvalue weighted by Crippen LogP contribution is -2.31. The van der Waals surface area contributed by atoms with E-state index >= 15 is 0 Å². The molecule has 1 heterocycles. The van der Waals surface area contributed by atoms with Gasteiger partial charge in [-0.15, -0.1) is 0 Å². The smallest absolute Gasteiger partial charge is 0.252 e. The zero-order chi connectivity index (χ0) is 22.0.